The molecule has 106 valence electrons. The molecule has 0 saturated carbocycles. The van der Waals surface area contributed by atoms with Crippen LogP contribution in [0.25, 0.3) is 0 Å². The first-order chi connectivity index (χ1) is 9.65. The molecule has 2 aromatic rings. The molecule has 2 rings (SSSR count). The van der Waals surface area contributed by atoms with Gasteiger partial charge >= 0.3 is 0 Å². The first kappa shape index (κ1) is 14.2. The number of nitrogens with one attached hydrogen (secondary N) is 1. The highest BCUT2D eigenvalue weighted by Crippen LogP contribution is 2.18. The van der Waals surface area contributed by atoms with Crippen LogP contribution in [0.1, 0.15) is 30.8 Å². The van der Waals surface area contributed by atoms with Crippen molar-refractivity contribution in [2.24, 2.45) is 5.92 Å². The molecular formula is C16H19NO3. The van der Waals surface area contributed by atoms with E-state index in [1.165, 1.54) is 6.26 Å². The maximum atomic E-state index is 11.8. The Balaban J connectivity index is 1.94. The zero-order chi connectivity index (χ0) is 14.4. The molecule has 1 aromatic heterocycles. The highest BCUT2D eigenvalue weighted by molar-refractivity contribution is 6.02. The fourth-order valence-corrected chi connectivity index (χ4v) is 1.68. The molecule has 1 N–H and O–H groups in total. The van der Waals surface area contributed by atoms with Gasteiger partial charge in [-0.1, -0.05) is 19.9 Å². The second-order valence-corrected chi connectivity index (χ2v) is 4.99. The molecule has 1 heterocycles. The van der Waals surface area contributed by atoms with E-state index in [1.807, 2.05) is 18.2 Å². The van der Waals surface area contributed by atoms with Crippen molar-refractivity contribution in [1.29, 1.82) is 0 Å². The second kappa shape index (κ2) is 6.80. The van der Waals surface area contributed by atoms with Crippen molar-refractivity contribution in [3.05, 3.63) is 48.4 Å². The van der Waals surface area contributed by atoms with Gasteiger partial charge in [-0.3, -0.25) is 4.79 Å². The summed E-state index contributed by atoms with van der Waals surface area (Å²) in [6.07, 6.45) is 2.48. The first-order valence-corrected chi connectivity index (χ1v) is 6.73. The number of furan rings is 1. The number of rotatable bonds is 6. The minimum atomic E-state index is -0.269. The lowest BCUT2D eigenvalue weighted by atomic mass is 10.1. The standard InChI is InChI=1S/C16H19NO3/c1-12(2)8-10-19-14-6-3-5-13(11-14)17-16(18)15-7-4-9-20-15/h3-7,9,11-12H,8,10H2,1-2H3,(H,17,18). The lowest BCUT2D eigenvalue weighted by Crippen LogP contribution is -2.10. The number of carbonyl (C=O) groups is 1. The van der Waals surface area contributed by atoms with Crippen LogP contribution in [0, 0.1) is 5.92 Å². The fraction of sp³-hybridized carbons (Fsp3) is 0.312. The molecule has 0 bridgehead atoms. The molecule has 20 heavy (non-hydrogen) atoms. The third kappa shape index (κ3) is 4.16. The van der Waals surface area contributed by atoms with Gasteiger partial charge in [0.1, 0.15) is 5.75 Å². The van der Waals surface area contributed by atoms with Gasteiger partial charge in [0.25, 0.3) is 5.91 Å². The topological polar surface area (TPSA) is 51.5 Å². The normalized spacial score (nSPS) is 10.6. The second-order valence-electron chi connectivity index (χ2n) is 4.99. The Bertz CT molecular complexity index is 547. The van der Waals surface area contributed by atoms with Gasteiger partial charge in [0.15, 0.2) is 5.76 Å². The lowest BCUT2D eigenvalue weighted by molar-refractivity contribution is 0.0996. The highest BCUT2D eigenvalue weighted by atomic mass is 16.5. The van der Waals surface area contributed by atoms with E-state index in [0.717, 1.165) is 12.2 Å². The third-order valence-electron chi connectivity index (χ3n) is 2.80. The van der Waals surface area contributed by atoms with Crippen LogP contribution in [0.4, 0.5) is 5.69 Å². The van der Waals surface area contributed by atoms with Crippen molar-refractivity contribution in [3.8, 4) is 5.75 Å². The van der Waals surface area contributed by atoms with Gasteiger partial charge in [-0.05, 0) is 36.6 Å². The Labute approximate surface area is 118 Å². The highest BCUT2D eigenvalue weighted by Gasteiger charge is 2.08. The Morgan fingerprint density at radius 1 is 1.30 bits per heavy atom. The summed E-state index contributed by atoms with van der Waals surface area (Å²) in [4.78, 5) is 11.8. The Hall–Kier alpha value is -2.23. The largest absolute Gasteiger partial charge is 0.494 e. The minimum Gasteiger partial charge on any atom is -0.494 e. The number of benzene rings is 1. The summed E-state index contributed by atoms with van der Waals surface area (Å²) in [5.74, 6) is 1.38. The van der Waals surface area contributed by atoms with Crippen LogP contribution >= 0.6 is 0 Å². The summed E-state index contributed by atoms with van der Waals surface area (Å²) in [6.45, 7) is 4.99. The predicted octanol–water partition coefficient (Wildman–Crippen LogP) is 3.96. The molecule has 4 heteroatoms. The number of hydrogen-bond donors (Lipinski definition) is 1. The van der Waals surface area contributed by atoms with Gasteiger partial charge < -0.3 is 14.5 Å². The molecule has 0 spiro atoms. The van der Waals surface area contributed by atoms with Crippen LogP contribution < -0.4 is 10.1 Å². The Morgan fingerprint density at radius 3 is 2.85 bits per heavy atom. The number of ether oxygens (including phenoxy) is 1. The lowest BCUT2D eigenvalue weighted by Gasteiger charge is -2.09. The molecule has 0 radical (unpaired) electrons. The summed E-state index contributed by atoms with van der Waals surface area (Å²) in [7, 11) is 0. The summed E-state index contributed by atoms with van der Waals surface area (Å²) >= 11 is 0. The molecule has 0 aliphatic carbocycles. The Morgan fingerprint density at radius 2 is 2.15 bits per heavy atom. The molecule has 1 amide bonds. The number of amides is 1. The van der Waals surface area contributed by atoms with Crippen molar-refractivity contribution in [3.63, 3.8) is 0 Å². The molecule has 0 fully saturated rings. The average molecular weight is 273 g/mol. The fourth-order valence-electron chi connectivity index (χ4n) is 1.68. The molecule has 1 aromatic carbocycles. The first-order valence-electron chi connectivity index (χ1n) is 6.73. The SMILES string of the molecule is CC(C)CCOc1cccc(NC(=O)c2ccco2)c1. The van der Waals surface area contributed by atoms with Crippen molar-refractivity contribution in [2.45, 2.75) is 20.3 Å². The summed E-state index contributed by atoms with van der Waals surface area (Å²) < 4.78 is 10.7. The molecular weight excluding hydrogens is 254 g/mol. The van der Waals surface area contributed by atoms with Crippen LogP contribution in [0.15, 0.2) is 47.1 Å². The van der Waals surface area contributed by atoms with Crippen LogP contribution in [-0.2, 0) is 0 Å². The maximum absolute atomic E-state index is 11.8. The van der Waals surface area contributed by atoms with Crippen molar-refractivity contribution >= 4 is 11.6 Å². The molecule has 0 aliphatic heterocycles. The monoisotopic (exact) mass is 273 g/mol. The number of anilines is 1. The zero-order valence-electron chi connectivity index (χ0n) is 11.8. The van der Waals surface area contributed by atoms with Crippen LogP contribution in [0.2, 0.25) is 0 Å². The maximum Gasteiger partial charge on any atom is 0.291 e. The van der Waals surface area contributed by atoms with Gasteiger partial charge in [-0.2, -0.15) is 0 Å². The van der Waals surface area contributed by atoms with Crippen molar-refractivity contribution < 1.29 is 13.9 Å². The van der Waals surface area contributed by atoms with Gasteiger partial charge in [0.2, 0.25) is 0 Å². The van der Waals surface area contributed by atoms with E-state index in [1.54, 1.807) is 18.2 Å². The summed E-state index contributed by atoms with van der Waals surface area (Å²) in [5, 5.41) is 2.77. The van der Waals surface area contributed by atoms with Crippen molar-refractivity contribution in [2.75, 3.05) is 11.9 Å². The minimum absolute atomic E-state index is 0.269. The van der Waals surface area contributed by atoms with E-state index in [0.29, 0.717) is 18.2 Å². The number of carbonyl (C=O) groups excluding carboxylic acids is 1. The zero-order valence-corrected chi connectivity index (χ0v) is 11.8. The molecule has 0 aliphatic rings. The summed E-state index contributed by atoms with van der Waals surface area (Å²) in [6, 6.07) is 10.7. The van der Waals surface area contributed by atoms with Gasteiger partial charge in [-0.15, -0.1) is 0 Å². The van der Waals surface area contributed by atoms with Crippen LogP contribution in [0.5, 0.6) is 5.75 Å². The molecule has 4 nitrogen and oxygen atoms in total. The van der Waals surface area contributed by atoms with E-state index in [9.17, 15) is 4.79 Å². The Kier molecular flexibility index (Phi) is 4.82. The van der Waals surface area contributed by atoms with Crippen LogP contribution in [-0.4, -0.2) is 12.5 Å². The third-order valence-corrected chi connectivity index (χ3v) is 2.80. The average Bonchev–Trinajstić information content (AvgIpc) is 2.92. The van der Waals surface area contributed by atoms with E-state index in [-0.39, 0.29) is 11.7 Å². The van der Waals surface area contributed by atoms with E-state index < -0.39 is 0 Å². The molecule has 0 atom stereocenters. The van der Waals surface area contributed by atoms with Gasteiger partial charge in [-0.25, -0.2) is 0 Å². The quantitative estimate of drug-likeness (QED) is 0.866. The van der Waals surface area contributed by atoms with Crippen LogP contribution in [0.3, 0.4) is 0 Å². The smallest absolute Gasteiger partial charge is 0.291 e. The number of hydrogen-bond acceptors (Lipinski definition) is 3. The van der Waals surface area contributed by atoms with Crippen molar-refractivity contribution in [1.82, 2.24) is 0 Å². The van der Waals surface area contributed by atoms with E-state index in [2.05, 4.69) is 19.2 Å². The van der Waals surface area contributed by atoms with Gasteiger partial charge in [0.05, 0.1) is 12.9 Å². The van der Waals surface area contributed by atoms with Gasteiger partial charge in [0, 0.05) is 11.8 Å². The van der Waals surface area contributed by atoms with E-state index >= 15 is 0 Å². The molecule has 0 unspecified atom stereocenters. The predicted molar refractivity (Wildman–Crippen MR) is 78.1 cm³/mol. The summed E-state index contributed by atoms with van der Waals surface area (Å²) in [5.41, 5.74) is 0.688. The molecule has 0 saturated heterocycles. The van der Waals surface area contributed by atoms with E-state index in [4.69, 9.17) is 9.15 Å².